The van der Waals surface area contributed by atoms with Gasteiger partial charge in [-0.25, -0.2) is 0 Å². The first-order chi connectivity index (χ1) is 8.36. The molecule has 3 aliphatic rings. The van der Waals surface area contributed by atoms with Crippen LogP contribution in [0.1, 0.15) is 44.9 Å². The Labute approximate surface area is 106 Å². The minimum absolute atomic E-state index is 0.760. The Morgan fingerprint density at radius 1 is 1.00 bits per heavy atom. The maximum atomic E-state index is 3.59. The fourth-order valence-corrected chi connectivity index (χ4v) is 4.60. The zero-order chi connectivity index (χ0) is 11.7. The quantitative estimate of drug-likeness (QED) is 0.807. The molecule has 3 rings (SSSR count). The summed E-state index contributed by atoms with van der Waals surface area (Å²) in [5.41, 5.74) is 0. The van der Waals surface area contributed by atoms with Crippen molar-refractivity contribution in [2.45, 2.75) is 51.0 Å². The van der Waals surface area contributed by atoms with E-state index in [1.54, 1.807) is 0 Å². The highest BCUT2D eigenvalue weighted by Gasteiger charge is 2.37. The summed E-state index contributed by atoms with van der Waals surface area (Å²) < 4.78 is 0. The molecule has 0 aromatic rings. The lowest BCUT2D eigenvalue weighted by atomic mass is 9.98. The second kappa shape index (κ2) is 5.27. The van der Waals surface area contributed by atoms with E-state index in [0.717, 1.165) is 23.8 Å². The van der Waals surface area contributed by atoms with Gasteiger partial charge >= 0.3 is 0 Å². The van der Waals surface area contributed by atoms with Crippen molar-refractivity contribution in [3.8, 4) is 0 Å². The summed E-state index contributed by atoms with van der Waals surface area (Å²) >= 11 is 0. The SMILES string of the molecule is CNC(CN1CC2CCCC2C1)C1CCCC1. The van der Waals surface area contributed by atoms with Gasteiger partial charge in [0.05, 0.1) is 0 Å². The van der Waals surface area contributed by atoms with Crippen LogP contribution in [0, 0.1) is 17.8 Å². The van der Waals surface area contributed by atoms with Gasteiger partial charge in [0.1, 0.15) is 0 Å². The first-order valence-corrected chi connectivity index (χ1v) is 7.76. The number of nitrogens with zero attached hydrogens (tertiary/aromatic N) is 1. The zero-order valence-corrected chi connectivity index (χ0v) is 11.3. The van der Waals surface area contributed by atoms with Crippen LogP contribution in [0.2, 0.25) is 0 Å². The molecule has 2 heteroatoms. The van der Waals surface area contributed by atoms with Crippen LogP contribution in [0.3, 0.4) is 0 Å². The third-order valence-corrected chi connectivity index (χ3v) is 5.60. The van der Waals surface area contributed by atoms with Crippen LogP contribution in [-0.4, -0.2) is 37.6 Å². The molecule has 1 N–H and O–H groups in total. The molecule has 3 fully saturated rings. The molecule has 2 aliphatic carbocycles. The average molecular weight is 236 g/mol. The smallest absolute Gasteiger partial charge is 0.0220 e. The molecular weight excluding hydrogens is 208 g/mol. The van der Waals surface area contributed by atoms with Gasteiger partial charge in [0.25, 0.3) is 0 Å². The van der Waals surface area contributed by atoms with E-state index in [9.17, 15) is 0 Å². The van der Waals surface area contributed by atoms with Crippen molar-refractivity contribution in [3.05, 3.63) is 0 Å². The number of hydrogen-bond donors (Lipinski definition) is 1. The van der Waals surface area contributed by atoms with E-state index in [-0.39, 0.29) is 0 Å². The highest BCUT2D eigenvalue weighted by molar-refractivity contribution is 4.91. The Kier molecular flexibility index (Phi) is 3.72. The molecule has 0 spiro atoms. The van der Waals surface area contributed by atoms with E-state index < -0.39 is 0 Å². The van der Waals surface area contributed by atoms with Gasteiger partial charge < -0.3 is 10.2 Å². The number of likely N-dealkylation sites (N-methyl/N-ethyl adjacent to an activating group) is 1. The number of hydrogen-bond acceptors (Lipinski definition) is 2. The molecule has 1 heterocycles. The Morgan fingerprint density at radius 2 is 1.65 bits per heavy atom. The molecule has 2 nitrogen and oxygen atoms in total. The topological polar surface area (TPSA) is 15.3 Å². The summed E-state index contributed by atoms with van der Waals surface area (Å²) in [7, 11) is 2.17. The van der Waals surface area contributed by atoms with Gasteiger partial charge in [-0.2, -0.15) is 0 Å². The van der Waals surface area contributed by atoms with Gasteiger partial charge in [-0.05, 0) is 50.5 Å². The first-order valence-electron chi connectivity index (χ1n) is 7.76. The van der Waals surface area contributed by atoms with E-state index in [0.29, 0.717) is 0 Å². The predicted molar refractivity (Wildman–Crippen MR) is 72.1 cm³/mol. The lowest BCUT2D eigenvalue weighted by molar-refractivity contribution is 0.236. The molecule has 0 radical (unpaired) electrons. The van der Waals surface area contributed by atoms with Crippen LogP contribution in [0.25, 0.3) is 0 Å². The predicted octanol–water partition coefficient (Wildman–Crippen LogP) is 2.50. The summed E-state index contributed by atoms with van der Waals surface area (Å²) in [6, 6.07) is 0.760. The maximum Gasteiger partial charge on any atom is 0.0220 e. The van der Waals surface area contributed by atoms with Crippen molar-refractivity contribution in [2.75, 3.05) is 26.7 Å². The summed E-state index contributed by atoms with van der Waals surface area (Å²) in [5, 5.41) is 3.59. The third kappa shape index (κ3) is 2.53. The van der Waals surface area contributed by atoms with Crippen LogP contribution in [0.4, 0.5) is 0 Å². The Bertz CT molecular complexity index is 235. The average Bonchev–Trinajstić information content (AvgIpc) is 3.01. The van der Waals surface area contributed by atoms with E-state index in [1.165, 1.54) is 64.6 Å². The van der Waals surface area contributed by atoms with Gasteiger partial charge in [0.15, 0.2) is 0 Å². The molecule has 17 heavy (non-hydrogen) atoms. The standard InChI is InChI=1S/C15H28N2/c1-16-15(12-5-2-3-6-12)11-17-9-13-7-4-8-14(13)10-17/h12-16H,2-11H2,1H3. The number of nitrogens with one attached hydrogen (secondary N) is 1. The molecule has 3 unspecified atom stereocenters. The normalized spacial score (nSPS) is 36.5. The summed E-state index contributed by atoms with van der Waals surface area (Å²) in [6.45, 7) is 4.11. The van der Waals surface area contributed by atoms with Crippen LogP contribution in [0.15, 0.2) is 0 Å². The van der Waals surface area contributed by atoms with E-state index >= 15 is 0 Å². The fraction of sp³-hybridized carbons (Fsp3) is 1.00. The molecule has 1 saturated heterocycles. The van der Waals surface area contributed by atoms with Crippen molar-refractivity contribution in [1.82, 2.24) is 10.2 Å². The largest absolute Gasteiger partial charge is 0.315 e. The molecular formula is C15H28N2. The Hall–Kier alpha value is -0.0800. The second-order valence-corrected chi connectivity index (χ2v) is 6.61. The number of rotatable bonds is 4. The Morgan fingerprint density at radius 3 is 2.24 bits per heavy atom. The monoisotopic (exact) mass is 236 g/mol. The fourth-order valence-electron chi connectivity index (χ4n) is 4.60. The first kappa shape index (κ1) is 12.0. The van der Waals surface area contributed by atoms with E-state index in [1.807, 2.05) is 0 Å². The van der Waals surface area contributed by atoms with Gasteiger partial charge in [-0.3, -0.25) is 0 Å². The van der Waals surface area contributed by atoms with Crippen molar-refractivity contribution in [2.24, 2.45) is 17.8 Å². The number of fused-ring (bicyclic) bond motifs is 1. The Balaban J connectivity index is 1.51. The van der Waals surface area contributed by atoms with Crippen molar-refractivity contribution >= 4 is 0 Å². The number of likely N-dealkylation sites (tertiary alicyclic amines) is 1. The molecule has 0 bridgehead atoms. The van der Waals surface area contributed by atoms with E-state index in [4.69, 9.17) is 0 Å². The van der Waals surface area contributed by atoms with Crippen molar-refractivity contribution in [3.63, 3.8) is 0 Å². The zero-order valence-electron chi connectivity index (χ0n) is 11.3. The summed E-state index contributed by atoms with van der Waals surface area (Å²) in [6.07, 6.45) is 10.4. The van der Waals surface area contributed by atoms with Crippen molar-refractivity contribution < 1.29 is 0 Å². The molecule has 2 saturated carbocycles. The molecule has 0 amide bonds. The molecule has 0 aromatic carbocycles. The molecule has 1 aliphatic heterocycles. The van der Waals surface area contributed by atoms with Crippen LogP contribution in [-0.2, 0) is 0 Å². The summed E-state index contributed by atoms with van der Waals surface area (Å²) in [5.74, 6) is 3.06. The van der Waals surface area contributed by atoms with Crippen molar-refractivity contribution in [1.29, 1.82) is 0 Å². The minimum Gasteiger partial charge on any atom is -0.315 e. The molecule has 98 valence electrons. The lowest BCUT2D eigenvalue weighted by Crippen LogP contribution is -2.43. The highest BCUT2D eigenvalue weighted by atomic mass is 15.2. The molecule has 3 atom stereocenters. The molecule has 0 aromatic heterocycles. The highest BCUT2D eigenvalue weighted by Crippen LogP contribution is 2.38. The van der Waals surface area contributed by atoms with Crippen LogP contribution in [0.5, 0.6) is 0 Å². The van der Waals surface area contributed by atoms with Gasteiger partial charge in [-0.1, -0.05) is 19.3 Å². The van der Waals surface area contributed by atoms with Gasteiger partial charge in [-0.15, -0.1) is 0 Å². The maximum absolute atomic E-state index is 3.59. The second-order valence-electron chi connectivity index (χ2n) is 6.61. The minimum atomic E-state index is 0.760. The summed E-state index contributed by atoms with van der Waals surface area (Å²) in [4.78, 5) is 2.76. The van der Waals surface area contributed by atoms with Gasteiger partial charge in [0, 0.05) is 25.7 Å². The van der Waals surface area contributed by atoms with Gasteiger partial charge in [0.2, 0.25) is 0 Å². The van der Waals surface area contributed by atoms with E-state index in [2.05, 4.69) is 17.3 Å². The third-order valence-electron chi connectivity index (χ3n) is 5.60. The lowest BCUT2D eigenvalue weighted by Gasteiger charge is -2.28. The van der Waals surface area contributed by atoms with Crippen LogP contribution >= 0.6 is 0 Å². The van der Waals surface area contributed by atoms with Crippen LogP contribution < -0.4 is 5.32 Å².